The van der Waals surface area contributed by atoms with Crippen molar-refractivity contribution in [2.45, 2.75) is 20.0 Å². The largest absolute Gasteiger partial charge is 0.489 e. The van der Waals surface area contributed by atoms with Crippen LogP contribution in [-0.4, -0.2) is 0 Å². The van der Waals surface area contributed by atoms with Gasteiger partial charge in [-0.05, 0) is 42.3 Å². The fraction of sp³-hybridized carbons (Fsp3) is 0.130. The SMILES string of the molecule is Cc1ccc(C#CCc2ccc(OCc3ccccc3)cc2)cc1. The van der Waals surface area contributed by atoms with Gasteiger partial charge in [-0.1, -0.05) is 72.0 Å². The maximum Gasteiger partial charge on any atom is 0.119 e. The summed E-state index contributed by atoms with van der Waals surface area (Å²) in [6.07, 6.45) is 0.743. The zero-order valence-electron chi connectivity index (χ0n) is 13.8. The summed E-state index contributed by atoms with van der Waals surface area (Å²) in [7, 11) is 0. The van der Waals surface area contributed by atoms with Crippen LogP contribution in [0.25, 0.3) is 0 Å². The van der Waals surface area contributed by atoms with Crippen molar-refractivity contribution in [3.8, 4) is 17.6 Å². The molecule has 0 radical (unpaired) electrons. The maximum absolute atomic E-state index is 5.80. The highest BCUT2D eigenvalue weighted by molar-refractivity contribution is 5.37. The van der Waals surface area contributed by atoms with Gasteiger partial charge in [0.15, 0.2) is 0 Å². The summed E-state index contributed by atoms with van der Waals surface area (Å²) in [6, 6.07) is 26.6. The minimum Gasteiger partial charge on any atom is -0.489 e. The first kappa shape index (κ1) is 15.9. The molecule has 24 heavy (non-hydrogen) atoms. The molecule has 0 atom stereocenters. The Labute approximate surface area is 143 Å². The van der Waals surface area contributed by atoms with Crippen molar-refractivity contribution in [1.82, 2.24) is 0 Å². The standard InChI is InChI=1S/C23H20O/c1-19-10-12-20(13-11-19)8-5-9-21-14-16-23(17-15-21)24-18-22-6-3-2-4-7-22/h2-4,6-7,10-17H,9,18H2,1H3. The van der Waals surface area contributed by atoms with Crippen LogP contribution in [0.5, 0.6) is 5.75 Å². The Morgan fingerprint density at radius 1 is 0.750 bits per heavy atom. The van der Waals surface area contributed by atoms with Crippen LogP contribution >= 0.6 is 0 Å². The third kappa shape index (κ3) is 4.76. The molecule has 0 fully saturated rings. The number of hydrogen-bond donors (Lipinski definition) is 0. The Hall–Kier alpha value is -2.98. The van der Waals surface area contributed by atoms with Crippen LogP contribution in [0.1, 0.15) is 22.3 Å². The van der Waals surface area contributed by atoms with E-state index >= 15 is 0 Å². The molecule has 0 aliphatic carbocycles. The van der Waals surface area contributed by atoms with Gasteiger partial charge in [-0.15, -0.1) is 0 Å². The fourth-order valence-corrected chi connectivity index (χ4v) is 2.33. The van der Waals surface area contributed by atoms with Crippen molar-refractivity contribution in [1.29, 1.82) is 0 Å². The van der Waals surface area contributed by atoms with Gasteiger partial charge in [0.2, 0.25) is 0 Å². The molecule has 1 heteroatoms. The van der Waals surface area contributed by atoms with E-state index in [9.17, 15) is 0 Å². The quantitative estimate of drug-likeness (QED) is 0.604. The maximum atomic E-state index is 5.80. The van der Waals surface area contributed by atoms with Crippen LogP contribution in [0, 0.1) is 18.8 Å². The van der Waals surface area contributed by atoms with Gasteiger partial charge in [-0.25, -0.2) is 0 Å². The molecule has 3 aromatic carbocycles. The number of benzene rings is 3. The van der Waals surface area contributed by atoms with Crippen molar-refractivity contribution >= 4 is 0 Å². The van der Waals surface area contributed by atoms with E-state index in [1.54, 1.807) is 0 Å². The van der Waals surface area contributed by atoms with Gasteiger partial charge < -0.3 is 4.74 Å². The lowest BCUT2D eigenvalue weighted by molar-refractivity contribution is 0.306. The summed E-state index contributed by atoms with van der Waals surface area (Å²) in [5, 5.41) is 0. The molecule has 0 unspecified atom stereocenters. The predicted octanol–water partition coefficient (Wildman–Crippen LogP) is 5.17. The van der Waals surface area contributed by atoms with E-state index in [1.165, 1.54) is 16.7 Å². The molecular formula is C23H20O. The molecule has 118 valence electrons. The van der Waals surface area contributed by atoms with E-state index in [-0.39, 0.29) is 0 Å². The molecule has 3 rings (SSSR count). The topological polar surface area (TPSA) is 9.23 Å². The predicted molar refractivity (Wildman–Crippen MR) is 99.0 cm³/mol. The summed E-state index contributed by atoms with van der Waals surface area (Å²) in [5.41, 5.74) is 4.68. The molecule has 0 saturated heterocycles. The Balaban J connectivity index is 1.54. The van der Waals surface area contributed by atoms with Crippen molar-refractivity contribution in [3.05, 3.63) is 101 Å². The van der Waals surface area contributed by atoms with Crippen molar-refractivity contribution < 1.29 is 4.74 Å². The zero-order chi connectivity index (χ0) is 16.6. The summed E-state index contributed by atoms with van der Waals surface area (Å²) in [6.45, 7) is 2.67. The number of rotatable bonds is 4. The highest BCUT2D eigenvalue weighted by Crippen LogP contribution is 2.14. The average Bonchev–Trinajstić information content (AvgIpc) is 2.64. The Morgan fingerprint density at radius 2 is 1.46 bits per heavy atom. The third-order valence-corrected chi connectivity index (χ3v) is 3.75. The molecule has 0 bridgehead atoms. The van der Waals surface area contributed by atoms with Gasteiger partial charge >= 0.3 is 0 Å². The molecule has 0 aromatic heterocycles. The molecule has 0 saturated carbocycles. The monoisotopic (exact) mass is 312 g/mol. The second-order valence-corrected chi connectivity index (χ2v) is 5.76. The van der Waals surface area contributed by atoms with Crippen molar-refractivity contribution in [3.63, 3.8) is 0 Å². The van der Waals surface area contributed by atoms with Crippen LogP contribution in [0.15, 0.2) is 78.9 Å². The molecular weight excluding hydrogens is 292 g/mol. The van der Waals surface area contributed by atoms with Gasteiger partial charge in [-0.3, -0.25) is 0 Å². The van der Waals surface area contributed by atoms with E-state index in [4.69, 9.17) is 4.74 Å². The van der Waals surface area contributed by atoms with Gasteiger partial charge in [0.25, 0.3) is 0 Å². The molecule has 0 amide bonds. The summed E-state index contributed by atoms with van der Waals surface area (Å²) >= 11 is 0. The first-order chi connectivity index (χ1) is 11.8. The average molecular weight is 312 g/mol. The molecule has 0 spiro atoms. The lowest BCUT2D eigenvalue weighted by atomic mass is 10.1. The van der Waals surface area contributed by atoms with E-state index < -0.39 is 0 Å². The normalized spacial score (nSPS) is 9.88. The fourth-order valence-electron chi connectivity index (χ4n) is 2.33. The zero-order valence-corrected chi connectivity index (χ0v) is 13.8. The summed E-state index contributed by atoms with van der Waals surface area (Å²) in [4.78, 5) is 0. The Bertz CT molecular complexity index is 819. The molecule has 0 N–H and O–H groups in total. The summed E-state index contributed by atoms with van der Waals surface area (Å²) in [5.74, 6) is 7.31. The van der Waals surface area contributed by atoms with Crippen molar-refractivity contribution in [2.75, 3.05) is 0 Å². The first-order valence-electron chi connectivity index (χ1n) is 8.11. The highest BCUT2D eigenvalue weighted by atomic mass is 16.5. The summed E-state index contributed by atoms with van der Waals surface area (Å²) < 4.78 is 5.80. The number of aryl methyl sites for hydroxylation is 1. The highest BCUT2D eigenvalue weighted by Gasteiger charge is 1.96. The van der Waals surface area contributed by atoms with Crippen molar-refractivity contribution in [2.24, 2.45) is 0 Å². The molecule has 0 heterocycles. The first-order valence-corrected chi connectivity index (χ1v) is 8.11. The second kappa shape index (κ2) is 8.04. The van der Waals surface area contributed by atoms with Crippen LogP contribution in [0.2, 0.25) is 0 Å². The van der Waals surface area contributed by atoms with E-state index in [1.807, 2.05) is 30.3 Å². The molecule has 3 aromatic rings. The number of hydrogen-bond acceptors (Lipinski definition) is 1. The molecule has 0 aliphatic rings. The Morgan fingerprint density at radius 3 is 2.17 bits per heavy atom. The lowest BCUT2D eigenvalue weighted by Gasteiger charge is -2.06. The van der Waals surface area contributed by atoms with Gasteiger partial charge in [0.05, 0.1) is 0 Å². The smallest absolute Gasteiger partial charge is 0.119 e. The third-order valence-electron chi connectivity index (χ3n) is 3.75. The molecule has 0 aliphatic heterocycles. The van der Waals surface area contributed by atoms with E-state index in [2.05, 4.69) is 67.3 Å². The van der Waals surface area contributed by atoms with Crippen LogP contribution in [0.4, 0.5) is 0 Å². The minimum absolute atomic E-state index is 0.591. The second-order valence-electron chi connectivity index (χ2n) is 5.76. The van der Waals surface area contributed by atoms with Gasteiger partial charge in [0, 0.05) is 12.0 Å². The van der Waals surface area contributed by atoms with Crippen LogP contribution < -0.4 is 4.74 Å². The van der Waals surface area contributed by atoms with Gasteiger partial charge in [-0.2, -0.15) is 0 Å². The molecule has 1 nitrogen and oxygen atoms in total. The van der Waals surface area contributed by atoms with E-state index in [0.717, 1.165) is 17.7 Å². The van der Waals surface area contributed by atoms with Gasteiger partial charge in [0.1, 0.15) is 12.4 Å². The number of ether oxygens (including phenoxy) is 1. The van der Waals surface area contributed by atoms with Crippen LogP contribution in [0.3, 0.4) is 0 Å². The van der Waals surface area contributed by atoms with Crippen LogP contribution in [-0.2, 0) is 13.0 Å². The van der Waals surface area contributed by atoms with E-state index in [0.29, 0.717) is 6.61 Å². The minimum atomic E-state index is 0.591. The Kier molecular flexibility index (Phi) is 5.32. The lowest BCUT2D eigenvalue weighted by Crippen LogP contribution is -1.95.